The lowest BCUT2D eigenvalue weighted by atomic mass is 9.41. The SMILES string of the molecule is CCOC(=O)[C@@H]1CC[C@@]2(C)[C@@H](C1)C[C@H](C(=O)OCC)[C@@H]1[C@@H]2C[C@H](O)[C@]2(C)[C@@H]([C@H](C)CC(C)C(=O)O)CC[C@@H]12. The zero-order valence-corrected chi connectivity index (χ0v) is 24.3. The molecule has 0 saturated heterocycles. The third-order valence-corrected chi connectivity index (χ3v) is 11.9. The molecule has 0 aromatic rings. The third-order valence-electron chi connectivity index (χ3n) is 11.9. The van der Waals surface area contributed by atoms with E-state index in [4.69, 9.17) is 9.47 Å². The summed E-state index contributed by atoms with van der Waals surface area (Å²) in [5.74, 6) is -0.665. The largest absolute Gasteiger partial charge is 0.481 e. The van der Waals surface area contributed by atoms with Gasteiger partial charge in [-0.3, -0.25) is 14.4 Å². The molecular formula is C31H50O7. The number of hydrogen-bond acceptors (Lipinski definition) is 6. The van der Waals surface area contributed by atoms with E-state index < -0.39 is 18.0 Å². The highest BCUT2D eigenvalue weighted by Gasteiger charge is 2.67. The minimum atomic E-state index is -0.771. The Balaban J connectivity index is 1.66. The summed E-state index contributed by atoms with van der Waals surface area (Å²) < 4.78 is 11.0. The molecule has 0 aliphatic heterocycles. The van der Waals surface area contributed by atoms with Gasteiger partial charge in [-0.25, -0.2) is 0 Å². The molecule has 4 aliphatic rings. The van der Waals surface area contributed by atoms with E-state index in [1.807, 2.05) is 13.8 Å². The minimum Gasteiger partial charge on any atom is -0.481 e. The van der Waals surface area contributed by atoms with Crippen molar-refractivity contribution in [3.8, 4) is 0 Å². The van der Waals surface area contributed by atoms with E-state index in [0.717, 1.165) is 38.5 Å². The summed E-state index contributed by atoms with van der Waals surface area (Å²) in [6.07, 6.45) is 5.83. The summed E-state index contributed by atoms with van der Waals surface area (Å²) in [5.41, 5.74) is -0.393. The van der Waals surface area contributed by atoms with Gasteiger partial charge in [-0.05, 0) is 112 Å². The number of carboxylic acids is 1. The van der Waals surface area contributed by atoms with Crippen LogP contribution in [0.25, 0.3) is 0 Å². The van der Waals surface area contributed by atoms with Crippen LogP contribution in [-0.4, -0.2) is 47.4 Å². The molecule has 0 spiro atoms. The van der Waals surface area contributed by atoms with Crippen LogP contribution < -0.4 is 0 Å². The normalized spacial score (nSPS) is 43.7. The van der Waals surface area contributed by atoms with Crippen LogP contribution in [0, 0.1) is 64.1 Å². The molecule has 0 bridgehead atoms. The van der Waals surface area contributed by atoms with Crippen LogP contribution in [-0.2, 0) is 23.9 Å². The molecule has 4 saturated carbocycles. The molecule has 4 rings (SSSR count). The Morgan fingerprint density at radius 3 is 2.21 bits per heavy atom. The van der Waals surface area contributed by atoms with Crippen molar-refractivity contribution in [1.82, 2.24) is 0 Å². The summed E-state index contributed by atoms with van der Waals surface area (Å²) in [6.45, 7) is 12.9. The zero-order valence-electron chi connectivity index (χ0n) is 24.3. The zero-order chi connectivity index (χ0) is 28.0. The predicted molar refractivity (Wildman–Crippen MR) is 143 cm³/mol. The smallest absolute Gasteiger partial charge is 0.309 e. The number of fused-ring (bicyclic) bond motifs is 5. The maximum absolute atomic E-state index is 13.5. The lowest BCUT2D eigenvalue weighted by Gasteiger charge is -2.64. The van der Waals surface area contributed by atoms with E-state index >= 15 is 0 Å². The molecule has 1 unspecified atom stereocenters. The van der Waals surface area contributed by atoms with Gasteiger partial charge in [0.05, 0.1) is 37.1 Å². The first kappa shape index (κ1) is 29.4. The molecule has 38 heavy (non-hydrogen) atoms. The first-order chi connectivity index (χ1) is 17.9. The molecule has 0 radical (unpaired) electrons. The summed E-state index contributed by atoms with van der Waals surface area (Å²) in [4.78, 5) is 37.8. The van der Waals surface area contributed by atoms with Crippen LogP contribution in [0.1, 0.15) is 92.9 Å². The number of rotatable bonds is 8. The number of carboxylic acid groups (broad SMARTS) is 1. The lowest BCUT2D eigenvalue weighted by Crippen LogP contribution is -2.62. The molecule has 2 N–H and O–H groups in total. The van der Waals surface area contributed by atoms with Gasteiger partial charge < -0.3 is 19.7 Å². The number of aliphatic carboxylic acids is 1. The fraction of sp³-hybridized carbons (Fsp3) is 0.903. The Morgan fingerprint density at radius 1 is 0.921 bits per heavy atom. The fourth-order valence-electron chi connectivity index (χ4n) is 9.99. The molecule has 7 heteroatoms. The number of carbonyl (C=O) groups excluding carboxylic acids is 2. The Bertz CT molecular complexity index is 903. The van der Waals surface area contributed by atoms with E-state index in [1.54, 1.807) is 6.92 Å². The van der Waals surface area contributed by atoms with Crippen molar-refractivity contribution in [3.63, 3.8) is 0 Å². The summed E-state index contributed by atoms with van der Waals surface area (Å²) in [5, 5.41) is 21.4. The molecule has 0 aromatic heterocycles. The van der Waals surface area contributed by atoms with Crippen LogP contribution in [0.5, 0.6) is 0 Å². The number of ether oxygens (including phenoxy) is 2. The van der Waals surface area contributed by atoms with E-state index in [1.165, 1.54) is 0 Å². The first-order valence-electron chi connectivity index (χ1n) is 15.1. The van der Waals surface area contributed by atoms with Crippen molar-refractivity contribution >= 4 is 17.9 Å². The van der Waals surface area contributed by atoms with Gasteiger partial charge in [-0.15, -0.1) is 0 Å². The summed E-state index contributed by atoms with van der Waals surface area (Å²) >= 11 is 0. The molecule has 0 heterocycles. The van der Waals surface area contributed by atoms with Crippen molar-refractivity contribution < 1.29 is 34.1 Å². The topological polar surface area (TPSA) is 110 Å². The van der Waals surface area contributed by atoms with Crippen molar-refractivity contribution in [2.45, 2.75) is 99.0 Å². The van der Waals surface area contributed by atoms with Gasteiger partial charge in [-0.2, -0.15) is 0 Å². The molecule has 4 aliphatic carbocycles. The van der Waals surface area contributed by atoms with E-state index in [2.05, 4.69) is 20.8 Å². The molecule has 7 nitrogen and oxygen atoms in total. The van der Waals surface area contributed by atoms with Crippen LogP contribution in [0.3, 0.4) is 0 Å². The van der Waals surface area contributed by atoms with Crippen molar-refractivity contribution in [2.75, 3.05) is 13.2 Å². The Labute approximate surface area is 228 Å². The maximum atomic E-state index is 13.5. The van der Waals surface area contributed by atoms with Gasteiger partial charge in [0.15, 0.2) is 0 Å². The number of aliphatic hydroxyl groups is 1. The van der Waals surface area contributed by atoms with Crippen molar-refractivity contribution in [2.24, 2.45) is 64.1 Å². The highest BCUT2D eigenvalue weighted by atomic mass is 16.5. The highest BCUT2D eigenvalue weighted by Crippen LogP contribution is 2.70. The van der Waals surface area contributed by atoms with E-state index in [9.17, 15) is 24.6 Å². The van der Waals surface area contributed by atoms with Gasteiger partial charge in [0.1, 0.15) is 0 Å². The standard InChI is InChI=1S/C31H50O7/c1-7-37-28(35)19-11-12-30(5)20(14-19)15-21(29(36)38-8-2)26-23-10-9-22(17(3)13-18(4)27(33)34)31(23,6)25(32)16-24(26)30/h17-26,32H,7-16H2,1-6H3,(H,33,34)/t17-,18?,19-,20+,21+,22-,23+,24+,25+,26+,30+,31-/m1/s1. The quantitative estimate of drug-likeness (QED) is 0.405. The van der Waals surface area contributed by atoms with Gasteiger partial charge in [0.2, 0.25) is 0 Å². The van der Waals surface area contributed by atoms with Gasteiger partial charge >= 0.3 is 17.9 Å². The second-order valence-electron chi connectivity index (χ2n) is 13.6. The van der Waals surface area contributed by atoms with Gasteiger partial charge in [-0.1, -0.05) is 27.7 Å². The molecule has 12 atom stereocenters. The van der Waals surface area contributed by atoms with Gasteiger partial charge in [0.25, 0.3) is 0 Å². The Kier molecular flexibility index (Phi) is 8.57. The lowest BCUT2D eigenvalue weighted by molar-refractivity contribution is -0.202. The highest BCUT2D eigenvalue weighted by molar-refractivity contribution is 5.74. The summed E-state index contributed by atoms with van der Waals surface area (Å²) in [7, 11) is 0. The molecule has 0 aromatic carbocycles. The molecular weight excluding hydrogens is 484 g/mol. The number of esters is 2. The number of carbonyl (C=O) groups is 3. The van der Waals surface area contributed by atoms with E-state index in [-0.39, 0.29) is 70.1 Å². The van der Waals surface area contributed by atoms with Crippen LogP contribution in [0.4, 0.5) is 0 Å². The molecule has 216 valence electrons. The first-order valence-corrected chi connectivity index (χ1v) is 15.1. The molecule has 4 fully saturated rings. The second kappa shape index (κ2) is 11.1. The fourth-order valence-corrected chi connectivity index (χ4v) is 9.99. The average Bonchev–Trinajstić information content (AvgIpc) is 3.22. The maximum Gasteiger partial charge on any atom is 0.309 e. The predicted octanol–water partition coefficient (Wildman–Crippen LogP) is 5.33. The monoisotopic (exact) mass is 534 g/mol. The van der Waals surface area contributed by atoms with Crippen LogP contribution in [0.15, 0.2) is 0 Å². The number of aliphatic hydroxyl groups excluding tert-OH is 1. The average molecular weight is 535 g/mol. The van der Waals surface area contributed by atoms with E-state index in [0.29, 0.717) is 26.1 Å². The number of hydrogen-bond donors (Lipinski definition) is 2. The van der Waals surface area contributed by atoms with Gasteiger partial charge in [0, 0.05) is 0 Å². The second-order valence-corrected chi connectivity index (χ2v) is 13.6. The summed E-state index contributed by atoms with van der Waals surface area (Å²) in [6, 6.07) is 0. The minimum absolute atomic E-state index is 0.0412. The van der Waals surface area contributed by atoms with Crippen molar-refractivity contribution in [1.29, 1.82) is 0 Å². The van der Waals surface area contributed by atoms with Crippen molar-refractivity contribution in [3.05, 3.63) is 0 Å². The van der Waals surface area contributed by atoms with Crippen LogP contribution in [0.2, 0.25) is 0 Å². The third kappa shape index (κ3) is 4.79. The van der Waals surface area contributed by atoms with Crippen LogP contribution >= 0.6 is 0 Å². The Hall–Kier alpha value is -1.63. The Morgan fingerprint density at radius 2 is 1.58 bits per heavy atom. The molecule has 0 amide bonds.